The lowest BCUT2D eigenvalue weighted by Crippen LogP contribution is -2.37. The molecular weight excluding hydrogens is 436 g/mol. The van der Waals surface area contributed by atoms with Crippen molar-refractivity contribution in [1.82, 2.24) is 19.8 Å². The molecule has 10 heteroatoms. The third-order valence-electron chi connectivity index (χ3n) is 6.63. The highest BCUT2D eigenvalue weighted by Crippen LogP contribution is 2.29. The molecular formula is C24H30N6O4. The van der Waals surface area contributed by atoms with Crippen molar-refractivity contribution < 1.29 is 19.4 Å². The minimum Gasteiger partial charge on any atom is -0.481 e. The van der Waals surface area contributed by atoms with Crippen LogP contribution in [0.2, 0.25) is 0 Å². The number of anilines is 2. The van der Waals surface area contributed by atoms with Gasteiger partial charge in [-0.25, -0.2) is 14.8 Å². The molecule has 0 bridgehead atoms. The number of carboxylic acids is 1. The monoisotopic (exact) mass is 466 g/mol. The molecule has 0 spiro atoms. The van der Waals surface area contributed by atoms with Gasteiger partial charge in [0.25, 0.3) is 0 Å². The zero-order chi connectivity index (χ0) is 23.5. The minimum atomic E-state index is -0.975. The Kier molecular flexibility index (Phi) is 6.37. The molecule has 34 heavy (non-hydrogen) atoms. The highest BCUT2D eigenvalue weighted by atomic mass is 16.5. The number of carbonyl (C=O) groups is 2. The van der Waals surface area contributed by atoms with Crippen molar-refractivity contribution in [2.45, 2.75) is 31.6 Å². The van der Waals surface area contributed by atoms with Gasteiger partial charge in [0.1, 0.15) is 18.3 Å². The van der Waals surface area contributed by atoms with Crippen LogP contribution in [0.1, 0.15) is 35.6 Å². The minimum absolute atomic E-state index is 0.112. The quantitative estimate of drug-likeness (QED) is 0.542. The van der Waals surface area contributed by atoms with Crippen LogP contribution in [-0.2, 0) is 17.6 Å². The molecule has 1 fully saturated rings. The summed E-state index contributed by atoms with van der Waals surface area (Å²) in [5.41, 5.74) is 3.55. The highest BCUT2D eigenvalue weighted by Gasteiger charge is 2.33. The number of carboxylic acid groups (broad SMARTS) is 1. The summed E-state index contributed by atoms with van der Waals surface area (Å²) in [6.07, 6.45) is 5.35. The molecule has 180 valence electrons. The molecule has 1 atom stereocenters. The number of ether oxygens (including phenoxy) is 1. The van der Waals surface area contributed by atoms with E-state index in [0.29, 0.717) is 49.9 Å². The Labute approximate surface area is 198 Å². The van der Waals surface area contributed by atoms with Crippen LogP contribution in [0.5, 0.6) is 5.88 Å². The second-order valence-corrected chi connectivity index (χ2v) is 8.95. The van der Waals surface area contributed by atoms with E-state index in [1.165, 1.54) is 11.8 Å². The van der Waals surface area contributed by atoms with Crippen molar-refractivity contribution >= 4 is 23.5 Å². The Hall–Kier alpha value is -3.56. The van der Waals surface area contributed by atoms with Crippen LogP contribution in [0.3, 0.4) is 0 Å². The molecule has 5 rings (SSSR count). The van der Waals surface area contributed by atoms with E-state index in [0.717, 1.165) is 43.7 Å². The van der Waals surface area contributed by atoms with Crippen molar-refractivity contribution in [3.63, 3.8) is 0 Å². The lowest BCUT2D eigenvalue weighted by atomic mass is 10.00. The van der Waals surface area contributed by atoms with E-state index in [-0.39, 0.29) is 12.6 Å². The zero-order valence-electron chi connectivity index (χ0n) is 19.1. The van der Waals surface area contributed by atoms with Crippen LogP contribution >= 0.6 is 0 Å². The molecule has 0 unspecified atom stereocenters. The fraction of sp³-hybridized carbons (Fsp3) is 0.500. The van der Waals surface area contributed by atoms with Gasteiger partial charge in [0.05, 0.1) is 5.69 Å². The standard InChI is InChI=1S/C24H30N6O4/c31-23(32)19(17-13-20-22(27-14-17)34-12-8-25-20)15-30-11-10-29(24(30)33)9-2-4-18-6-5-16-3-1-7-26-21(16)28-18/h5-6,13-14,19,25H,1-4,7-12,15H2,(H,26,28)(H,31,32)/t19-/m1/s1. The Morgan fingerprint density at radius 2 is 2.09 bits per heavy atom. The van der Waals surface area contributed by atoms with E-state index in [2.05, 4.69) is 27.8 Å². The van der Waals surface area contributed by atoms with E-state index >= 15 is 0 Å². The maximum Gasteiger partial charge on any atom is 0.320 e. The largest absolute Gasteiger partial charge is 0.481 e. The number of hydrogen-bond acceptors (Lipinski definition) is 7. The van der Waals surface area contributed by atoms with Crippen LogP contribution in [0.4, 0.5) is 16.3 Å². The summed E-state index contributed by atoms with van der Waals surface area (Å²) in [6, 6.07) is 5.88. The molecule has 2 aromatic rings. The average molecular weight is 467 g/mol. The predicted molar refractivity (Wildman–Crippen MR) is 127 cm³/mol. The van der Waals surface area contributed by atoms with Crippen LogP contribution in [0.25, 0.3) is 0 Å². The van der Waals surface area contributed by atoms with E-state index in [4.69, 9.17) is 9.72 Å². The number of aromatic nitrogens is 2. The maximum absolute atomic E-state index is 12.9. The summed E-state index contributed by atoms with van der Waals surface area (Å²) in [5.74, 6) is -0.355. The molecule has 1 saturated heterocycles. The Bertz CT molecular complexity index is 1080. The predicted octanol–water partition coefficient (Wildman–Crippen LogP) is 2.18. The number of nitrogens with one attached hydrogen (secondary N) is 2. The summed E-state index contributed by atoms with van der Waals surface area (Å²) in [4.78, 5) is 37.4. The highest BCUT2D eigenvalue weighted by molar-refractivity contribution is 5.80. The van der Waals surface area contributed by atoms with E-state index in [9.17, 15) is 14.7 Å². The van der Waals surface area contributed by atoms with Crippen molar-refractivity contribution in [2.75, 3.05) is 56.5 Å². The zero-order valence-corrected chi connectivity index (χ0v) is 19.1. The Morgan fingerprint density at radius 3 is 2.97 bits per heavy atom. The van der Waals surface area contributed by atoms with Gasteiger partial charge in [0.2, 0.25) is 5.88 Å². The molecule has 0 aliphatic carbocycles. The Balaban J connectivity index is 1.16. The maximum atomic E-state index is 12.9. The average Bonchev–Trinajstić information content (AvgIpc) is 3.21. The van der Waals surface area contributed by atoms with Crippen molar-refractivity contribution in [1.29, 1.82) is 0 Å². The topological polar surface area (TPSA) is 120 Å². The number of aryl methyl sites for hydroxylation is 2. The molecule has 0 saturated carbocycles. The second-order valence-electron chi connectivity index (χ2n) is 8.95. The number of fused-ring (bicyclic) bond motifs is 2. The summed E-state index contributed by atoms with van der Waals surface area (Å²) in [7, 11) is 0. The molecule has 2 amide bonds. The van der Waals surface area contributed by atoms with Crippen molar-refractivity contribution in [2.24, 2.45) is 0 Å². The number of aliphatic carboxylic acids is 1. The first kappa shape index (κ1) is 22.2. The number of urea groups is 1. The van der Waals surface area contributed by atoms with Gasteiger partial charge in [-0.1, -0.05) is 6.07 Å². The van der Waals surface area contributed by atoms with Gasteiger partial charge < -0.3 is 30.3 Å². The number of rotatable bonds is 8. The third kappa shape index (κ3) is 4.71. The van der Waals surface area contributed by atoms with Crippen LogP contribution in [0.15, 0.2) is 24.4 Å². The number of pyridine rings is 2. The first-order valence-corrected chi connectivity index (χ1v) is 11.9. The van der Waals surface area contributed by atoms with Gasteiger partial charge in [-0.2, -0.15) is 0 Å². The normalized spacial score (nSPS) is 17.8. The molecule has 3 aliphatic rings. The fourth-order valence-electron chi connectivity index (χ4n) is 4.75. The first-order valence-electron chi connectivity index (χ1n) is 11.9. The first-order chi connectivity index (χ1) is 16.6. The van der Waals surface area contributed by atoms with Crippen LogP contribution in [-0.4, -0.2) is 82.8 Å². The SMILES string of the molecule is O=C(O)[C@H](CN1CCN(CCCc2ccc3c(n2)NCCC3)C1=O)c1cnc2c(c1)NCCO2. The van der Waals surface area contributed by atoms with Crippen molar-refractivity contribution in [3.05, 3.63) is 41.2 Å². The molecule has 10 nitrogen and oxygen atoms in total. The number of carbonyl (C=O) groups excluding carboxylic acids is 1. The van der Waals surface area contributed by atoms with Gasteiger partial charge >= 0.3 is 12.0 Å². The van der Waals surface area contributed by atoms with Gasteiger partial charge in [-0.15, -0.1) is 0 Å². The summed E-state index contributed by atoms with van der Waals surface area (Å²) in [5, 5.41) is 16.4. The van der Waals surface area contributed by atoms with Crippen LogP contribution in [0, 0.1) is 0 Å². The molecule has 2 aromatic heterocycles. The molecule has 3 N–H and O–H groups in total. The molecule has 0 radical (unpaired) electrons. The third-order valence-corrected chi connectivity index (χ3v) is 6.63. The van der Waals surface area contributed by atoms with Gasteiger partial charge in [-0.3, -0.25) is 4.79 Å². The van der Waals surface area contributed by atoms with E-state index < -0.39 is 11.9 Å². The fourth-order valence-corrected chi connectivity index (χ4v) is 4.75. The second kappa shape index (κ2) is 9.74. The molecule has 0 aromatic carbocycles. The number of amides is 2. The van der Waals surface area contributed by atoms with Gasteiger partial charge in [-0.05, 0) is 48.9 Å². The summed E-state index contributed by atoms with van der Waals surface area (Å²) >= 11 is 0. The van der Waals surface area contributed by atoms with Crippen LogP contribution < -0.4 is 15.4 Å². The number of hydrogen-bond donors (Lipinski definition) is 3. The Morgan fingerprint density at radius 1 is 1.21 bits per heavy atom. The van der Waals surface area contributed by atoms with Gasteiger partial charge in [0.15, 0.2) is 0 Å². The van der Waals surface area contributed by atoms with Crippen molar-refractivity contribution in [3.8, 4) is 5.88 Å². The number of nitrogens with zero attached hydrogens (tertiary/aromatic N) is 4. The molecule has 5 heterocycles. The van der Waals surface area contributed by atoms with E-state index in [1.54, 1.807) is 15.9 Å². The smallest absolute Gasteiger partial charge is 0.320 e. The summed E-state index contributed by atoms with van der Waals surface area (Å²) in [6.45, 7) is 3.99. The van der Waals surface area contributed by atoms with E-state index in [1.807, 2.05) is 0 Å². The summed E-state index contributed by atoms with van der Waals surface area (Å²) < 4.78 is 5.48. The lowest BCUT2D eigenvalue weighted by molar-refractivity contribution is -0.139. The lowest BCUT2D eigenvalue weighted by Gasteiger charge is -2.24. The van der Waals surface area contributed by atoms with Gasteiger partial charge in [0, 0.05) is 51.2 Å². The molecule has 3 aliphatic heterocycles.